The number of alkyl halides is 3. The predicted octanol–water partition coefficient (Wildman–Crippen LogP) is 1.52. The van der Waals surface area contributed by atoms with Gasteiger partial charge in [0.25, 0.3) is 0 Å². The van der Waals surface area contributed by atoms with Crippen LogP contribution in [0.5, 0.6) is 0 Å². The number of fused-ring (bicyclic) bond motifs is 1. The van der Waals surface area contributed by atoms with Crippen molar-refractivity contribution in [2.75, 3.05) is 6.54 Å². The first kappa shape index (κ1) is 13.9. The van der Waals surface area contributed by atoms with Crippen LogP contribution >= 0.6 is 0 Å². The number of hydrogen-bond acceptors (Lipinski definition) is 4. The van der Waals surface area contributed by atoms with E-state index in [9.17, 15) is 23.1 Å². The maximum absolute atomic E-state index is 12.8. The summed E-state index contributed by atoms with van der Waals surface area (Å²) in [5.74, 6) is -0.200. The van der Waals surface area contributed by atoms with E-state index in [1.165, 1.54) is 4.90 Å². The number of aliphatic hydroxyl groups is 1. The molecule has 0 saturated heterocycles. The topological polar surface area (TPSA) is 66.6 Å². The zero-order valence-electron chi connectivity index (χ0n) is 10.4. The molecule has 1 unspecified atom stereocenters. The molecule has 2 rings (SSSR count). The summed E-state index contributed by atoms with van der Waals surface area (Å²) in [5.41, 5.74) is -3.35. The Morgan fingerprint density at radius 3 is 2.68 bits per heavy atom. The Morgan fingerprint density at radius 1 is 1.53 bits per heavy atom. The number of carbonyl (C=O) groups excluding carboxylic acids is 1. The van der Waals surface area contributed by atoms with Gasteiger partial charge < -0.3 is 14.5 Å². The second-order valence-corrected chi connectivity index (χ2v) is 4.87. The molecule has 0 aliphatic carbocycles. The molecule has 2 heterocycles. The van der Waals surface area contributed by atoms with Gasteiger partial charge >= 0.3 is 6.18 Å². The van der Waals surface area contributed by atoms with E-state index in [0.29, 0.717) is 13.3 Å². The van der Waals surface area contributed by atoms with Crippen molar-refractivity contribution in [1.82, 2.24) is 10.1 Å². The fraction of sp³-hybridized carbons (Fsp3) is 0.636. The molecule has 0 bridgehead atoms. The summed E-state index contributed by atoms with van der Waals surface area (Å²) in [6, 6.07) is 0. The summed E-state index contributed by atoms with van der Waals surface area (Å²) in [7, 11) is 0. The normalized spacial score (nSPS) is 22.8. The summed E-state index contributed by atoms with van der Waals surface area (Å²) in [6.45, 7) is 2.62. The Balaban J connectivity index is 2.48. The lowest BCUT2D eigenvalue weighted by Gasteiger charge is -2.30. The lowest BCUT2D eigenvalue weighted by Crippen LogP contribution is -2.41. The molecule has 0 fully saturated rings. The molecule has 5 nitrogen and oxygen atoms in total. The highest BCUT2D eigenvalue weighted by atomic mass is 19.4. The molecule has 0 aromatic carbocycles. The zero-order valence-corrected chi connectivity index (χ0v) is 10.4. The van der Waals surface area contributed by atoms with Crippen molar-refractivity contribution in [1.29, 1.82) is 0 Å². The third-order valence-corrected chi connectivity index (χ3v) is 3.31. The highest BCUT2D eigenvalue weighted by Gasteiger charge is 2.55. The quantitative estimate of drug-likeness (QED) is 0.833. The van der Waals surface area contributed by atoms with Crippen molar-refractivity contribution in [3.05, 3.63) is 17.0 Å². The second-order valence-electron chi connectivity index (χ2n) is 4.87. The van der Waals surface area contributed by atoms with Crippen molar-refractivity contribution in [3.63, 3.8) is 0 Å². The van der Waals surface area contributed by atoms with Crippen molar-refractivity contribution in [2.45, 2.75) is 38.1 Å². The van der Waals surface area contributed by atoms with Crippen LogP contribution in [-0.4, -0.2) is 34.3 Å². The van der Waals surface area contributed by atoms with Gasteiger partial charge in [0, 0.05) is 18.0 Å². The molecule has 2 atom stereocenters. The van der Waals surface area contributed by atoms with Crippen LogP contribution in [0.2, 0.25) is 0 Å². The molecule has 0 radical (unpaired) electrons. The summed E-state index contributed by atoms with van der Waals surface area (Å²) in [4.78, 5) is 12.1. The van der Waals surface area contributed by atoms with Crippen LogP contribution in [0.3, 0.4) is 0 Å². The number of halogens is 3. The van der Waals surface area contributed by atoms with Crippen LogP contribution in [0.25, 0.3) is 0 Å². The van der Waals surface area contributed by atoms with Gasteiger partial charge in [-0.3, -0.25) is 4.79 Å². The van der Waals surface area contributed by atoms with Gasteiger partial charge in [-0.25, -0.2) is 0 Å². The average molecular weight is 278 g/mol. The minimum absolute atomic E-state index is 0.0596. The molecule has 1 aliphatic rings. The van der Waals surface area contributed by atoms with E-state index in [-0.39, 0.29) is 30.3 Å². The van der Waals surface area contributed by atoms with Gasteiger partial charge in [-0.05, 0) is 6.92 Å². The van der Waals surface area contributed by atoms with Gasteiger partial charge in [-0.2, -0.15) is 13.2 Å². The van der Waals surface area contributed by atoms with Crippen molar-refractivity contribution in [3.8, 4) is 0 Å². The third-order valence-electron chi connectivity index (χ3n) is 3.31. The summed E-state index contributed by atoms with van der Waals surface area (Å²) < 4.78 is 43.4. The Bertz CT molecular complexity index is 496. The minimum atomic E-state index is -4.85. The van der Waals surface area contributed by atoms with Gasteiger partial charge in [0.05, 0.1) is 6.54 Å². The van der Waals surface area contributed by atoms with Crippen LogP contribution in [0.1, 0.15) is 36.8 Å². The molecule has 0 spiro atoms. The van der Waals surface area contributed by atoms with Gasteiger partial charge in [0.2, 0.25) is 12.0 Å². The summed E-state index contributed by atoms with van der Waals surface area (Å²) in [5, 5.41) is 13.0. The van der Waals surface area contributed by atoms with Crippen LogP contribution in [0.4, 0.5) is 13.2 Å². The van der Waals surface area contributed by atoms with Crippen molar-refractivity contribution >= 4 is 6.41 Å². The molecule has 0 saturated carbocycles. The number of carbonyl (C=O) groups is 1. The van der Waals surface area contributed by atoms with Crippen molar-refractivity contribution < 1.29 is 27.6 Å². The van der Waals surface area contributed by atoms with Gasteiger partial charge in [0.1, 0.15) is 5.69 Å². The first-order valence-electron chi connectivity index (χ1n) is 5.66. The van der Waals surface area contributed by atoms with Crippen LogP contribution < -0.4 is 0 Å². The maximum atomic E-state index is 12.8. The smallest absolute Gasteiger partial charge is 0.375 e. The van der Waals surface area contributed by atoms with E-state index in [1.807, 2.05) is 0 Å². The third kappa shape index (κ3) is 2.09. The van der Waals surface area contributed by atoms with E-state index in [4.69, 9.17) is 4.52 Å². The van der Waals surface area contributed by atoms with Crippen molar-refractivity contribution in [2.24, 2.45) is 0 Å². The second kappa shape index (κ2) is 4.22. The average Bonchev–Trinajstić information content (AvgIpc) is 2.71. The molecule has 8 heteroatoms. The number of aromatic nitrogens is 1. The molecular weight excluding hydrogens is 265 g/mol. The van der Waals surface area contributed by atoms with E-state index in [2.05, 4.69) is 5.16 Å². The number of amides is 1. The first-order chi connectivity index (χ1) is 8.68. The lowest BCUT2D eigenvalue weighted by molar-refractivity contribution is -0.261. The fourth-order valence-corrected chi connectivity index (χ4v) is 2.21. The molecular formula is C11H13F3N2O3. The SMILES string of the molecule is C[C@H]1CN(C=O)Cc2onc(C(C)(O)C(F)(F)F)c21. The molecule has 106 valence electrons. The Morgan fingerprint density at radius 2 is 2.16 bits per heavy atom. The first-order valence-corrected chi connectivity index (χ1v) is 5.66. The fourth-order valence-electron chi connectivity index (χ4n) is 2.21. The summed E-state index contributed by atoms with van der Waals surface area (Å²) in [6.07, 6.45) is -4.25. The monoisotopic (exact) mass is 278 g/mol. The Labute approximate surface area is 107 Å². The minimum Gasteiger partial charge on any atom is -0.375 e. The van der Waals surface area contributed by atoms with Gasteiger partial charge in [-0.1, -0.05) is 12.1 Å². The number of nitrogens with zero attached hydrogens (tertiary/aromatic N) is 2. The van der Waals surface area contributed by atoms with E-state index >= 15 is 0 Å². The maximum Gasteiger partial charge on any atom is 0.422 e. The standard InChI is InChI=1S/C11H13F3N2O3/c1-6-3-16(5-17)4-7-8(6)9(15-19-7)10(2,18)11(12,13)14/h5-6,18H,3-4H2,1-2H3/t6-,10?/m0/s1. The number of rotatable bonds is 2. The van der Waals surface area contributed by atoms with E-state index < -0.39 is 17.5 Å². The summed E-state index contributed by atoms with van der Waals surface area (Å²) >= 11 is 0. The Hall–Kier alpha value is -1.57. The Kier molecular flexibility index (Phi) is 3.08. The molecule has 1 aliphatic heterocycles. The molecule has 19 heavy (non-hydrogen) atoms. The highest BCUT2D eigenvalue weighted by molar-refractivity contribution is 5.49. The number of hydrogen-bond donors (Lipinski definition) is 1. The van der Waals surface area contributed by atoms with Crippen LogP contribution in [-0.2, 0) is 16.9 Å². The van der Waals surface area contributed by atoms with E-state index in [1.54, 1.807) is 6.92 Å². The predicted molar refractivity (Wildman–Crippen MR) is 57.0 cm³/mol. The molecule has 1 aromatic heterocycles. The van der Waals surface area contributed by atoms with E-state index in [0.717, 1.165) is 0 Å². The van der Waals surface area contributed by atoms with Gasteiger partial charge in [-0.15, -0.1) is 0 Å². The zero-order chi connectivity index (χ0) is 14.4. The lowest BCUT2D eigenvalue weighted by atomic mass is 9.88. The molecule has 1 N–H and O–H groups in total. The molecule has 1 amide bonds. The largest absolute Gasteiger partial charge is 0.422 e. The van der Waals surface area contributed by atoms with Crippen LogP contribution in [0, 0.1) is 0 Å². The van der Waals surface area contributed by atoms with Gasteiger partial charge in [0.15, 0.2) is 5.76 Å². The van der Waals surface area contributed by atoms with Crippen LogP contribution in [0.15, 0.2) is 4.52 Å². The highest BCUT2D eigenvalue weighted by Crippen LogP contribution is 2.43. The molecule has 1 aromatic rings.